The molecule has 1 aromatic carbocycles. The number of nitro benzene ring substituents is 1. The van der Waals surface area contributed by atoms with Gasteiger partial charge in [0.15, 0.2) is 0 Å². The molecule has 0 saturated carbocycles. The Morgan fingerprint density at radius 3 is 2.52 bits per heavy atom. The van der Waals surface area contributed by atoms with Gasteiger partial charge in [0, 0.05) is 19.2 Å². The summed E-state index contributed by atoms with van der Waals surface area (Å²) >= 11 is 0. The Morgan fingerprint density at radius 2 is 2.00 bits per heavy atom. The summed E-state index contributed by atoms with van der Waals surface area (Å²) in [7, 11) is -3.79. The summed E-state index contributed by atoms with van der Waals surface area (Å²) in [5, 5.41) is 11.0. The number of nitrogens with zero attached hydrogens (tertiary/aromatic N) is 2. The molecule has 0 radical (unpaired) electrons. The summed E-state index contributed by atoms with van der Waals surface area (Å²) in [6.07, 6.45) is 0. The van der Waals surface area contributed by atoms with E-state index in [0.29, 0.717) is 18.8 Å². The number of benzene rings is 1. The van der Waals surface area contributed by atoms with Crippen molar-refractivity contribution in [1.29, 1.82) is 0 Å². The van der Waals surface area contributed by atoms with Crippen LogP contribution in [0.3, 0.4) is 0 Å². The predicted molar refractivity (Wildman–Crippen MR) is 75.2 cm³/mol. The van der Waals surface area contributed by atoms with Crippen LogP contribution in [0.1, 0.15) is 5.56 Å². The molecule has 1 aromatic rings. The maximum absolute atomic E-state index is 12.6. The van der Waals surface area contributed by atoms with Gasteiger partial charge in [0.05, 0.1) is 23.0 Å². The molecule has 0 spiro atoms. The largest absolute Gasteiger partial charge is 0.379 e. The first kappa shape index (κ1) is 15.6. The molecule has 10 heteroatoms. The van der Waals surface area contributed by atoms with E-state index in [1.54, 1.807) is 6.92 Å². The lowest BCUT2D eigenvalue weighted by Crippen LogP contribution is -2.40. The molecule has 0 unspecified atom stereocenters. The Morgan fingerprint density at radius 1 is 1.38 bits per heavy atom. The predicted octanol–water partition coefficient (Wildman–Crippen LogP) is 0.210. The van der Waals surface area contributed by atoms with Gasteiger partial charge >= 0.3 is 0 Å². The summed E-state index contributed by atoms with van der Waals surface area (Å²) in [5.74, 6) is 5.23. The van der Waals surface area contributed by atoms with E-state index in [-0.39, 0.29) is 29.4 Å². The number of aryl methyl sites for hydroxylation is 1. The first-order valence-corrected chi connectivity index (χ1v) is 7.65. The molecule has 1 aliphatic heterocycles. The Bertz CT molecular complexity index is 655. The molecular weight excluding hydrogens is 300 g/mol. The van der Waals surface area contributed by atoms with Crippen LogP contribution in [-0.2, 0) is 14.8 Å². The number of nitro groups is 1. The molecule has 1 saturated heterocycles. The Hall–Kier alpha value is -1.75. The van der Waals surface area contributed by atoms with Crippen molar-refractivity contribution in [3.8, 4) is 0 Å². The zero-order valence-corrected chi connectivity index (χ0v) is 12.2. The Balaban J connectivity index is 2.52. The van der Waals surface area contributed by atoms with E-state index in [4.69, 9.17) is 10.6 Å². The van der Waals surface area contributed by atoms with E-state index in [1.807, 2.05) is 0 Å². The first-order chi connectivity index (χ1) is 9.87. The van der Waals surface area contributed by atoms with Crippen molar-refractivity contribution in [3.05, 3.63) is 27.8 Å². The topological polar surface area (TPSA) is 128 Å². The molecule has 0 bridgehead atoms. The summed E-state index contributed by atoms with van der Waals surface area (Å²) in [4.78, 5) is 10.3. The molecule has 21 heavy (non-hydrogen) atoms. The quantitative estimate of drug-likeness (QED) is 0.461. The molecule has 0 amide bonds. The van der Waals surface area contributed by atoms with Crippen LogP contribution in [0, 0.1) is 17.0 Å². The molecule has 1 heterocycles. The summed E-state index contributed by atoms with van der Waals surface area (Å²) in [6.45, 7) is 2.64. The van der Waals surface area contributed by atoms with E-state index in [2.05, 4.69) is 5.43 Å². The van der Waals surface area contributed by atoms with Gasteiger partial charge < -0.3 is 10.2 Å². The third-order valence-electron chi connectivity index (χ3n) is 3.23. The van der Waals surface area contributed by atoms with Crippen molar-refractivity contribution < 1.29 is 18.1 Å². The molecule has 116 valence electrons. The number of nitrogens with one attached hydrogen (secondary N) is 1. The number of anilines is 1. The lowest BCUT2D eigenvalue weighted by molar-refractivity contribution is -0.384. The molecule has 0 aliphatic carbocycles. The number of hydrazine groups is 1. The zero-order chi connectivity index (χ0) is 15.6. The molecule has 9 nitrogen and oxygen atoms in total. The third-order valence-corrected chi connectivity index (χ3v) is 5.27. The smallest absolute Gasteiger partial charge is 0.295 e. The van der Waals surface area contributed by atoms with Crippen LogP contribution in [0.15, 0.2) is 17.0 Å². The summed E-state index contributed by atoms with van der Waals surface area (Å²) < 4.78 is 31.5. The number of hydrogen-bond acceptors (Lipinski definition) is 7. The van der Waals surface area contributed by atoms with Crippen LogP contribution in [-0.4, -0.2) is 43.9 Å². The number of ether oxygens (including phenoxy) is 1. The number of nitrogens with two attached hydrogens (primary N) is 1. The fourth-order valence-electron chi connectivity index (χ4n) is 2.15. The maximum Gasteiger partial charge on any atom is 0.295 e. The van der Waals surface area contributed by atoms with Gasteiger partial charge in [-0.05, 0) is 18.6 Å². The van der Waals surface area contributed by atoms with Gasteiger partial charge in [-0.2, -0.15) is 4.31 Å². The fourth-order valence-corrected chi connectivity index (χ4v) is 3.78. The van der Waals surface area contributed by atoms with Crippen molar-refractivity contribution in [2.45, 2.75) is 11.8 Å². The van der Waals surface area contributed by atoms with E-state index in [9.17, 15) is 18.5 Å². The average Bonchev–Trinajstić information content (AvgIpc) is 2.47. The van der Waals surface area contributed by atoms with Gasteiger partial charge in [-0.15, -0.1) is 0 Å². The molecule has 1 aliphatic rings. The van der Waals surface area contributed by atoms with Crippen molar-refractivity contribution in [2.75, 3.05) is 31.7 Å². The number of hydrogen-bond donors (Lipinski definition) is 2. The lowest BCUT2D eigenvalue weighted by Gasteiger charge is -2.26. The second-order valence-electron chi connectivity index (χ2n) is 4.55. The van der Waals surface area contributed by atoms with Crippen LogP contribution in [0.2, 0.25) is 0 Å². The number of rotatable bonds is 4. The van der Waals surface area contributed by atoms with E-state index in [0.717, 1.165) is 6.07 Å². The minimum absolute atomic E-state index is 0.0680. The summed E-state index contributed by atoms with van der Waals surface area (Å²) in [5.41, 5.74) is 2.28. The highest BCUT2D eigenvalue weighted by Gasteiger charge is 2.30. The van der Waals surface area contributed by atoms with Gasteiger partial charge in [0.2, 0.25) is 10.0 Å². The van der Waals surface area contributed by atoms with E-state index < -0.39 is 14.9 Å². The molecular formula is C11H16N4O5S. The number of morpholine rings is 1. The molecule has 2 rings (SSSR count). The van der Waals surface area contributed by atoms with Gasteiger partial charge in [-0.3, -0.25) is 16.0 Å². The number of sulfonamides is 1. The van der Waals surface area contributed by atoms with Crippen molar-refractivity contribution in [3.63, 3.8) is 0 Å². The van der Waals surface area contributed by atoms with Gasteiger partial charge in [-0.1, -0.05) is 0 Å². The monoisotopic (exact) mass is 316 g/mol. The molecule has 3 N–H and O–H groups in total. The SMILES string of the molecule is Cc1cc(NN)c([N+](=O)[O-])cc1S(=O)(=O)N1CCOCC1. The van der Waals surface area contributed by atoms with Crippen molar-refractivity contribution in [2.24, 2.45) is 5.84 Å². The Kier molecular flexibility index (Phi) is 4.42. The van der Waals surface area contributed by atoms with E-state index >= 15 is 0 Å². The minimum atomic E-state index is -3.79. The van der Waals surface area contributed by atoms with Crippen molar-refractivity contribution in [1.82, 2.24) is 4.31 Å². The summed E-state index contributed by atoms with van der Waals surface area (Å²) in [6, 6.07) is 2.39. The second kappa shape index (κ2) is 5.93. The maximum atomic E-state index is 12.6. The zero-order valence-electron chi connectivity index (χ0n) is 11.4. The van der Waals surface area contributed by atoms with Crippen LogP contribution in [0.5, 0.6) is 0 Å². The van der Waals surface area contributed by atoms with Crippen LogP contribution in [0.4, 0.5) is 11.4 Å². The average molecular weight is 316 g/mol. The molecule has 1 fully saturated rings. The Labute approximate surface area is 121 Å². The first-order valence-electron chi connectivity index (χ1n) is 6.21. The van der Waals surface area contributed by atoms with Crippen LogP contribution in [0.25, 0.3) is 0 Å². The third kappa shape index (κ3) is 2.97. The number of nitrogen functional groups attached to an aromatic ring is 1. The fraction of sp³-hybridized carbons (Fsp3) is 0.455. The lowest BCUT2D eigenvalue weighted by atomic mass is 10.2. The van der Waals surface area contributed by atoms with Gasteiger partial charge in [0.1, 0.15) is 5.69 Å². The van der Waals surface area contributed by atoms with Gasteiger partial charge in [-0.25, -0.2) is 8.42 Å². The van der Waals surface area contributed by atoms with Gasteiger partial charge in [0.25, 0.3) is 5.69 Å². The van der Waals surface area contributed by atoms with E-state index in [1.165, 1.54) is 10.4 Å². The van der Waals surface area contributed by atoms with Crippen LogP contribution < -0.4 is 11.3 Å². The molecule has 0 aromatic heterocycles. The highest BCUT2D eigenvalue weighted by atomic mass is 32.2. The van der Waals surface area contributed by atoms with Crippen molar-refractivity contribution >= 4 is 21.4 Å². The highest BCUT2D eigenvalue weighted by molar-refractivity contribution is 7.89. The standard InChI is InChI=1S/C11H16N4O5S/c1-8-6-9(13-12)10(15(16)17)7-11(8)21(18,19)14-2-4-20-5-3-14/h6-7,13H,2-5,12H2,1H3. The highest BCUT2D eigenvalue weighted by Crippen LogP contribution is 2.31. The normalized spacial score (nSPS) is 16.7. The van der Waals surface area contributed by atoms with Crippen LogP contribution >= 0.6 is 0 Å². The second-order valence-corrected chi connectivity index (χ2v) is 6.46. The molecule has 0 atom stereocenters. The minimum Gasteiger partial charge on any atom is -0.379 e.